The Bertz CT molecular complexity index is 158. The van der Waals surface area contributed by atoms with Crippen molar-refractivity contribution in [2.75, 3.05) is 0 Å². The van der Waals surface area contributed by atoms with Gasteiger partial charge in [0.1, 0.15) is 0 Å². The Hall–Kier alpha value is 0.600. The van der Waals surface area contributed by atoms with Crippen molar-refractivity contribution in [3.05, 3.63) is 0 Å². The van der Waals surface area contributed by atoms with E-state index in [1.165, 1.54) is 0 Å². The Balaban J connectivity index is -0.0000000910. The maximum atomic E-state index is 9.00. The first-order chi connectivity index (χ1) is 3.73. The normalized spacial score (nSPS) is 8.30. The topological polar surface area (TPSA) is 118 Å². The number of aliphatic carboxylic acids is 1. The second-order valence-corrected chi connectivity index (χ2v) is 1.74. The zero-order chi connectivity index (χ0) is 8.08. The van der Waals surface area contributed by atoms with Crippen molar-refractivity contribution in [2.45, 2.75) is 6.92 Å². The SMILES string of the molecule is CC(=O)O.O=S(=O)([O-])[O-].[Ca+2]. The molecule has 0 fully saturated rings. The summed E-state index contributed by atoms with van der Waals surface area (Å²) < 4.78 is 34.1. The van der Waals surface area contributed by atoms with Gasteiger partial charge in [0, 0.05) is 17.3 Å². The Morgan fingerprint density at radius 2 is 1.40 bits per heavy atom. The van der Waals surface area contributed by atoms with Crippen LogP contribution in [0.1, 0.15) is 6.92 Å². The molecule has 0 radical (unpaired) electrons. The third kappa shape index (κ3) is 1380. The molecule has 0 saturated carbocycles. The summed E-state index contributed by atoms with van der Waals surface area (Å²) in [4.78, 5) is 9.00. The molecule has 0 heterocycles. The van der Waals surface area contributed by atoms with E-state index in [9.17, 15) is 0 Å². The van der Waals surface area contributed by atoms with Gasteiger partial charge in [-0.3, -0.25) is 13.2 Å². The van der Waals surface area contributed by atoms with E-state index >= 15 is 0 Å². The fraction of sp³-hybridized carbons (Fsp3) is 0.500. The van der Waals surface area contributed by atoms with Crippen LogP contribution >= 0.6 is 0 Å². The molecule has 56 valence electrons. The number of carboxylic acids is 1. The van der Waals surface area contributed by atoms with E-state index in [2.05, 4.69) is 0 Å². The van der Waals surface area contributed by atoms with Crippen LogP contribution in [0.4, 0.5) is 0 Å². The van der Waals surface area contributed by atoms with Crippen molar-refractivity contribution in [1.29, 1.82) is 0 Å². The molecule has 0 saturated heterocycles. The summed E-state index contributed by atoms with van der Waals surface area (Å²) in [5.41, 5.74) is 0. The van der Waals surface area contributed by atoms with E-state index in [0.717, 1.165) is 6.92 Å². The molecule has 0 atom stereocenters. The van der Waals surface area contributed by atoms with Crippen LogP contribution in [-0.4, -0.2) is 66.3 Å². The molecule has 0 spiro atoms. The molecule has 0 aromatic carbocycles. The first kappa shape index (κ1) is 16.9. The average Bonchev–Trinajstić information content (AvgIpc) is 1.19. The summed E-state index contributed by atoms with van der Waals surface area (Å²) in [5, 5.41) is 7.42. The van der Waals surface area contributed by atoms with Crippen molar-refractivity contribution in [2.24, 2.45) is 0 Å². The van der Waals surface area contributed by atoms with Crippen molar-refractivity contribution in [3.8, 4) is 0 Å². The second kappa shape index (κ2) is 7.70. The smallest absolute Gasteiger partial charge is 0.759 e. The van der Waals surface area contributed by atoms with Crippen molar-refractivity contribution < 1.29 is 27.4 Å². The Morgan fingerprint density at radius 1 is 1.40 bits per heavy atom. The molecule has 0 bridgehead atoms. The Morgan fingerprint density at radius 3 is 1.40 bits per heavy atom. The number of hydrogen-bond acceptors (Lipinski definition) is 5. The maximum absolute atomic E-state index is 9.00. The van der Waals surface area contributed by atoms with Gasteiger partial charge in [0.15, 0.2) is 0 Å². The molecular formula is C2H4CaO6S. The molecule has 0 aliphatic heterocycles. The van der Waals surface area contributed by atoms with E-state index in [1.807, 2.05) is 0 Å². The van der Waals surface area contributed by atoms with Crippen LogP contribution in [0.5, 0.6) is 0 Å². The third-order valence-electron chi connectivity index (χ3n) is 0. The predicted octanol–water partition coefficient (Wildman–Crippen LogP) is -1.63. The van der Waals surface area contributed by atoms with Crippen LogP contribution in [-0.2, 0) is 15.2 Å². The van der Waals surface area contributed by atoms with Crippen LogP contribution < -0.4 is 0 Å². The summed E-state index contributed by atoms with van der Waals surface area (Å²) in [6.45, 7) is 1.08. The molecule has 0 aliphatic carbocycles. The van der Waals surface area contributed by atoms with Gasteiger partial charge in [-0.05, 0) is 0 Å². The molecule has 0 aromatic rings. The Kier molecular flexibility index (Phi) is 13.0. The van der Waals surface area contributed by atoms with Gasteiger partial charge in [0.2, 0.25) is 0 Å². The largest absolute Gasteiger partial charge is 2.00 e. The van der Waals surface area contributed by atoms with Crippen molar-refractivity contribution in [3.63, 3.8) is 0 Å². The van der Waals surface area contributed by atoms with E-state index in [1.54, 1.807) is 0 Å². The van der Waals surface area contributed by atoms with Gasteiger partial charge in [-0.15, -0.1) is 0 Å². The minimum Gasteiger partial charge on any atom is -0.759 e. The van der Waals surface area contributed by atoms with E-state index in [4.69, 9.17) is 27.4 Å². The van der Waals surface area contributed by atoms with Crippen molar-refractivity contribution in [1.82, 2.24) is 0 Å². The van der Waals surface area contributed by atoms with E-state index in [-0.39, 0.29) is 37.7 Å². The first-order valence-corrected chi connectivity index (χ1v) is 2.93. The second-order valence-electron chi connectivity index (χ2n) is 0.927. The van der Waals surface area contributed by atoms with Crippen LogP contribution in [0, 0.1) is 0 Å². The van der Waals surface area contributed by atoms with Crippen LogP contribution in [0.15, 0.2) is 0 Å². The van der Waals surface area contributed by atoms with Gasteiger partial charge >= 0.3 is 37.7 Å². The number of rotatable bonds is 0. The standard InChI is InChI=1S/C2H4O2.Ca.H2O4S/c1-2(3)4;;1-5(2,3)4/h1H3,(H,3,4);;(H2,1,2,3,4)/q;+2;/p-2. The quantitative estimate of drug-likeness (QED) is 0.282. The fourth-order valence-electron chi connectivity index (χ4n) is 0. The average molecular weight is 196 g/mol. The molecular weight excluding hydrogens is 192 g/mol. The number of carboxylic acid groups (broad SMARTS) is 1. The van der Waals surface area contributed by atoms with Gasteiger partial charge < -0.3 is 14.2 Å². The number of hydrogen-bond donors (Lipinski definition) is 1. The minimum absolute atomic E-state index is 0. The molecule has 0 aromatic heterocycles. The summed E-state index contributed by atoms with van der Waals surface area (Å²) in [7, 11) is -5.17. The van der Waals surface area contributed by atoms with Gasteiger partial charge in [-0.1, -0.05) is 0 Å². The van der Waals surface area contributed by atoms with Crippen LogP contribution in [0.25, 0.3) is 0 Å². The molecule has 1 N–H and O–H groups in total. The van der Waals surface area contributed by atoms with Crippen molar-refractivity contribution >= 4 is 54.1 Å². The number of carbonyl (C=O) groups is 1. The molecule has 10 heavy (non-hydrogen) atoms. The fourth-order valence-corrected chi connectivity index (χ4v) is 0. The summed E-state index contributed by atoms with van der Waals surface area (Å²) in [6.07, 6.45) is 0. The summed E-state index contributed by atoms with van der Waals surface area (Å²) >= 11 is 0. The van der Waals surface area contributed by atoms with E-state index in [0.29, 0.717) is 0 Å². The molecule has 0 rings (SSSR count). The van der Waals surface area contributed by atoms with Gasteiger partial charge in [0.25, 0.3) is 5.97 Å². The van der Waals surface area contributed by atoms with Gasteiger partial charge in [0.05, 0.1) is 0 Å². The first-order valence-electron chi connectivity index (χ1n) is 1.59. The summed E-state index contributed by atoms with van der Waals surface area (Å²) in [5.74, 6) is -0.833. The molecule has 0 amide bonds. The summed E-state index contributed by atoms with van der Waals surface area (Å²) in [6, 6.07) is 0. The van der Waals surface area contributed by atoms with Gasteiger partial charge in [-0.2, -0.15) is 0 Å². The monoisotopic (exact) mass is 196 g/mol. The van der Waals surface area contributed by atoms with Gasteiger partial charge in [-0.25, -0.2) is 0 Å². The Labute approximate surface area is 87.8 Å². The molecule has 0 aliphatic rings. The molecule has 0 unspecified atom stereocenters. The zero-order valence-corrected chi connectivity index (χ0v) is 8.13. The third-order valence-corrected chi connectivity index (χ3v) is 0. The predicted molar refractivity (Wildman–Crippen MR) is 29.5 cm³/mol. The molecule has 8 heteroatoms. The minimum atomic E-state index is -5.17. The molecule has 6 nitrogen and oxygen atoms in total. The maximum Gasteiger partial charge on any atom is 2.00 e. The van der Waals surface area contributed by atoms with Crippen LogP contribution in [0.3, 0.4) is 0 Å². The van der Waals surface area contributed by atoms with E-state index < -0.39 is 16.4 Å². The zero-order valence-electron chi connectivity index (χ0n) is 5.10. The van der Waals surface area contributed by atoms with Crippen LogP contribution in [0.2, 0.25) is 0 Å².